The van der Waals surface area contributed by atoms with Gasteiger partial charge >= 0.3 is 0 Å². The summed E-state index contributed by atoms with van der Waals surface area (Å²) in [6.07, 6.45) is 10.9. The molecule has 0 saturated heterocycles. The molecule has 0 unspecified atom stereocenters. The van der Waals surface area contributed by atoms with Gasteiger partial charge in [0, 0.05) is 18.4 Å². The van der Waals surface area contributed by atoms with Crippen molar-refractivity contribution in [1.29, 1.82) is 0 Å². The van der Waals surface area contributed by atoms with E-state index in [2.05, 4.69) is 15.3 Å². The summed E-state index contributed by atoms with van der Waals surface area (Å²) in [5.41, 5.74) is 6.71. The van der Waals surface area contributed by atoms with Crippen LogP contribution in [-0.4, -0.2) is 20.4 Å². The zero-order chi connectivity index (χ0) is 12.1. The summed E-state index contributed by atoms with van der Waals surface area (Å²) in [7, 11) is 0. The van der Waals surface area contributed by atoms with E-state index in [1.807, 2.05) is 10.6 Å². The number of hydrogen-bond acceptors (Lipinski definition) is 4. The van der Waals surface area contributed by atoms with Gasteiger partial charge in [0.1, 0.15) is 5.82 Å². The first kappa shape index (κ1) is 10.2. The predicted molar refractivity (Wildman–Crippen MR) is 70.3 cm³/mol. The van der Waals surface area contributed by atoms with E-state index in [1.54, 1.807) is 12.4 Å². The fraction of sp³-hybridized carbons (Fsp3) is 0.538. The van der Waals surface area contributed by atoms with Gasteiger partial charge in [-0.3, -0.25) is 0 Å². The molecule has 5 heteroatoms. The smallest absolute Gasteiger partial charge is 0.180 e. The van der Waals surface area contributed by atoms with Gasteiger partial charge in [0.15, 0.2) is 11.5 Å². The molecule has 0 aliphatic heterocycles. The molecule has 2 fully saturated rings. The third-order valence-corrected chi connectivity index (χ3v) is 3.96. The number of hydrogen-bond donors (Lipinski definition) is 2. The van der Waals surface area contributed by atoms with Gasteiger partial charge in [-0.1, -0.05) is 0 Å². The number of aromatic nitrogens is 3. The molecule has 3 N–H and O–H groups in total. The molecule has 2 aliphatic carbocycles. The van der Waals surface area contributed by atoms with Gasteiger partial charge in [0.25, 0.3) is 0 Å². The zero-order valence-electron chi connectivity index (χ0n) is 10.2. The van der Waals surface area contributed by atoms with Crippen LogP contribution >= 0.6 is 0 Å². The van der Waals surface area contributed by atoms with Gasteiger partial charge in [0.2, 0.25) is 0 Å². The molecule has 2 saturated carbocycles. The Labute approximate surface area is 105 Å². The maximum absolute atomic E-state index is 5.84. The fourth-order valence-corrected chi connectivity index (χ4v) is 2.74. The van der Waals surface area contributed by atoms with Crippen molar-refractivity contribution < 1.29 is 0 Å². The van der Waals surface area contributed by atoms with Crippen molar-refractivity contribution in [2.24, 2.45) is 11.8 Å². The first-order valence-electron chi connectivity index (χ1n) is 6.67. The van der Waals surface area contributed by atoms with Gasteiger partial charge in [-0.05, 0) is 37.5 Å². The highest BCUT2D eigenvalue weighted by Crippen LogP contribution is 2.45. The van der Waals surface area contributed by atoms with Gasteiger partial charge in [-0.2, -0.15) is 0 Å². The largest absolute Gasteiger partial charge is 0.382 e. The molecule has 0 aromatic carbocycles. The van der Waals surface area contributed by atoms with Crippen LogP contribution in [0.3, 0.4) is 0 Å². The lowest BCUT2D eigenvalue weighted by atomic mass is 10.1. The zero-order valence-corrected chi connectivity index (χ0v) is 10.2. The molecular formula is C13H17N5. The van der Waals surface area contributed by atoms with Gasteiger partial charge in [-0.25, -0.2) is 9.97 Å². The van der Waals surface area contributed by atoms with Crippen LogP contribution in [0.5, 0.6) is 0 Å². The second kappa shape index (κ2) is 3.60. The molecule has 18 heavy (non-hydrogen) atoms. The van der Waals surface area contributed by atoms with Crippen LogP contribution in [0.15, 0.2) is 18.6 Å². The van der Waals surface area contributed by atoms with Crippen LogP contribution in [0.2, 0.25) is 0 Å². The summed E-state index contributed by atoms with van der Waals surface area (Å²) < 4.78 is 1.93. The minimum Gasteiger partial charge on any atom is -0.382 e. The second-order valence-electron chi connectivity index (χ2n) is 5.52. The SMILES string of the molecule is Nc1cn2ccnc2c(NC(C2CC2)C2CC2)n1. The van der Waals surface area contributed by atoms with E-state index in [1.165, 1.54) is 25.7 Å². The van der Waals surface area contributed by atoms with Gasteiger partial charge in [0.05, 0.1) is 6.20 Å². The maximum Gasteiger partial charge on any atom is 0.180 e. The molecule has 0 bridgehead atoms. The highest BCUT2D eigenvalue weighted by Gasteiger charge is 2.41. The molecule has 2 aliphatic rings. The van der Waals surface area contributed by atoms with Gasteiger partial charge < -0.3 is 15.5 Å². The molecule has 4 rings (SSSR count). The van der Waals surface area contributed by atoms with Crippen molar-refractivity contribution in [1.82, 2.24) is 14.4 Å². The average molecular weight is 243 g/mol. The summed E-state index contributed by atoms with van der Waals surface area (Å²) in [5, 5.41) is 3.60. The van der Waals surface area contributed by atoms with Crippen molar-refractivity contribution in [2.75, 3.05) is 11.1 Å². The van der Waals surface area contributed by atoms with E-state index in [-0.39, 0.29) is 0 Å². The predicted octanol–water partition coefficient (Wildman–Crippen LogP) is 1.91. The van der Waals surface area contributed by atoms with E-state index in [0.29, 0.717) is 11.9 Å². The lowest BCUT2D eigenvalue weighted by Crippen LogP contribution is -2.25. The van der Waals surface area contributed by atoms with Crippen molar-refractivity contribution in [3.05, 3.63) is 18.6 Å². The summed E-state index contributed by atoms with van der Waals surface area (Å²) in [5.74, 6) is 3.03. The maximum atomic E-state index is 5.84. The Hall–Kier alpha value is -1.78. The Balaban J connectivity index is 1.70. The molecular weight excluding hydrogens is 226 g/mol. The number of imidazole rings is 1. The van der Waals surface area contributed by atoms with Crippen molar-refractivity contribution >= 4 is 17.3 Å². The van der Waals surface area contributed by atoms with Crippen LogP contribution < -0.4 is 11.1 Å². The van der Waals surface area contributed by atoms with E-state index in [4.69, 9.17) is 5.73 Å². The summed E-state index contributed by atoms with van der Waals surface area (Å²) in [6, 6.07) is 0.569. The Kier molecular flexibility index (Phi) is 2.04. The molecule has 2 aromatic rings. The standard InChI is InChI=1S/C13H17N5/c14-10-7-18-6-5-15-13(18)12(16-10)17-11(8-1-2-8)9-3-4-9/h5-9,11H,1-4,14H2,(H,16,17). The Morgan fingerprint density at radius 1 is 1.28 bits per heavy atom. The number of nitrogens with one attached hydrogen (secondary N) is 1. The van der Waals surface area contributed by atoms with Crippen LogP contribution in [-0.2, 0) is 0 Å². The number of nitrogens with zero attached hydrogens (tertiary/aromatic N) is 3. The minimum atomic E-state index is 0.536. The number of fused-ring (bicyclic) bond motifs is 1. The molecule has 2 aromatic heterocycles. The third kappa shape index (κ3) is 1.70. The highest BCUT2D eigenvalue weighted by atomic mass is 15.1. The fourth-order valence-electron chi connectivity index (χ4n) is 2.74. The van der Waals surface area contributed by atoms with E-state index >= 15 is 0 Å². The number of nitrogens with two attached hydrogens (primary N) is 1. The Bertz CT molecular complexity index is 570. The third-order valence-electron chi connectivity index (χ3n) is 3.96. The van der Waals surface area contributed by atoms with E-state index in [9.17, 15) is 0 Å². The first-order chi connectivity index (χ1) is 8.81. The molecule has 94 valence electrons. The Morgan fingerprint density at radius 3 is 2.67 bits per heavy atom. The molecule has 0 spiro atoms. The van der Waals surface area contributed by atoms with Crippen LogP contribution in [0.4, 0.5) is 11.6 Å². The summed E-state index contributed by atoms with van der Waals surface area (Å²) in [6.45, 7) is 0. The quantitative estimate of drug-likeness (QED) is 0.860. The molecule has 0 radical (unpaired) electrons. The summed E-state index contributed by atoms with van der Waals surface area (Å²) >= 11 is 0. The van der Waals surface area contributed by atoms with Crippen molar-refractivity contribution in [2.45, 2.75) is 31.7 Å². The normalized spacial score (nSPS) is 19.6. The first-order valence-corrected chi connectivity index (χ1v) is 6.67. The summed E-state index contributed by atoms with van der Waals surface area (Å²) in [4.78, 5) is 8.77. The van der Waals surface area contributed by atoms with Crippen LogP contribution in [0, 0.1) is 11.8 Å². The van der Waals surface area contributed by atoms with Crippen LogP contribution in [0.25, 0.3) is 5.65 Å². The average Bonchev–Trinajstić information content (AvgIpc) is 3.24. The van der Waals surface area contributed by atoms with E-state index < -0.39 is 0 Å². The number of anilines is 2. The number of nitrogen functional groups attached to an aromatic ring is 1. The van der Waals surface area contributed by atoms with E-state index in [0.717, 1.165) is 23.3 Å². The topological polar surface area (TPSA) is 68.2 Å². The van der Waals surface area contributed by atoms with Crippen LogP contribution in [0.1, 0.15) is 25.7 Å². The molecule has 0 atom stereocenters. The molecule has 5 nitrogen and oxygen atoms in total. The van der Waals surface area contributed by atoms with Crippen molar-refractivity contribution in [3.63, 3.8) is 0 Å². The lowest BCUT2D eigenvalue weighted by molar-refractivity contribution is 0.566. The van der Waals surface area contributed by atoms with Crippen molar-refractivity contribution in [3.8, 4) is 0 Å². The number of rotatable bonds is 4. The minimum absolute atomic E-state index is 0.536. The molecule has 2 heterocycles. The molecule has 0 amide bonds. The van der Waals surface area contributed by atoms with Gasteiger partial charge in [-0.15, -0.1) is 0 Å². The monoisotopic (exact) mass is 243 g/mol. The lowest BCUT2D eigenvalue weighted by Gasteiger charge is -2.18. The second-order valence-corrected chi connectivity index (χ2v) is 5.52. The highest BCUT2D eigenvalue weighted by molar-refractivity contribution is 5.65. The Morgan fingerprint density at radius 2 is 2.00 bits per heavy atom.